The Morgan fingerprint density at radius 1 is 1.20 bits per heavy atom. The van der Waals surface area contributed by atoms with Gasteiger partial charge in [0.15, 0.2) is 0 Å². The van der Waals surface area contributed by atoms with Crippen molar-refractivity contribution >= 4 is 23.1 Å². The zero-order valence-electron chi connectivity index (χ0n) is 12.7. The number of rotatable bonds is 5. The first-order valence-electron chi connectivity index (χ1n) is 7.92. The molecule has 0 unspecified atom stereocenters. The Balaban J connectivity index is 2.13. The lowest BCUT2D eigenvalue weighted by Gasteiger charge is -2.40. The predicted molar refractivity (Wildman–Crippen MR) is 90.0 cm³/mol. The van der Waals surface area contributed by atoms with Crippen molar-refractivity contribution in [1.82, 2.24) is 0 Å². The van der Waals surface area contributed by atoms with Crippen LogP contribution in [0.5, 0.6) is 0 Å². The second-order valence-electron chi connectivity index (χ2n) is 6.12. The van der Waals surface area contributed by atoms with E-state index in [-0.39, 0.29) is 0 Å². The maximum Gasteiger partial charge on any atom is 0.0739 e. The summed E-state index contributed by atoms with van der Waals surface area (Å²) in [5.74, 6) is 0.957. The molecule has 0 amide bonds. The van der Waals surface area contributed by atoms with Crippen LogP contribution in [-0.4, -0.2) is 5.16 Å². The smallest absolute Gasteiger partial charge is 0.0739 e. The molecule has 1 aromatic carbocycles. The summed E-state index contributed by atoms with van der Waals surface area (Å²) >= 11 is 4.66. The molecular weight excluding hydrogens is 262 g/mol. The van der Waals surface area contributed by atoms with Gasteiger partial charge in [0.05, 0.1) is 10.8 Å². The van der Waals surface area contributed by atoms with Crippen molar-refractivity contribution < 1.29 is 0 Å². The second-order valence-corrected chi connectivity index (χ2v) is 6.30. The average molecular weight is 287 g/mol. The van der Waals surface area contributed by atoms with Crippen LogP contribution in [-0.2, 0) is 5.41 Å². The van der Waals surface area contributed by atoms with E-state index in [0.29, 0.717) is 5.41 Å². The van der Waals surface area contributed by atoms with Gasteiger partial charge in [-0.2, -0.15) is 4.99 Å². The molecule has 0 aliphatic heterocycles. The molecule has 20 heavy (non-hydrogen) atoms. The summed E-state index contributed by atoms with van der Waals surface area (Å²) in [5.41, 5.74) is 2.79. The third kappa shape index (κ3) is 3.37. The van der Waals surface area contributed by atoms with Gasteiger partial charge < -0.3 is 0 Å². The van der Waals surface area contributed by atoms with Gasteiger partial charge >= 0.3 is 0 Å². The first-order chi connectivity index (χ1) is 9.74. The molecule has 1 saturated carbocycles. The molecule has 0 N–H and O–H groups in total. The number of isothiocyanates is 1. The summed E-state index contributed by atoms with van der Waals surface area (Å²) in [5, 5.41) is 2.43. The Kier molecular flexibility index (Phi) is 5.51. The van der Waals surface area contributed by atoms with Crippen LogP contribution in [0.15, 0.2) is 29.3 Å². The molecule has 1 aromatic rings. The lowest BCUT2D eigenvalue weighted by molar-refractivity contribution is 0.215. The van der Waals surface area contributed by atoms with Gasteiger partial charge in [0, 0.05) is 0 Å². The molecule has 1 aliphatic rings. The van der Waals surface area contributed by atoms with Gasteiger partial charge in [-0.1, -0.05) is 38.8 Å². The minimum atomic E-state index is 0.393. The van der Waals surface area contributed by atoms with Crippen molar-refractivity contribution in [2.75, 3.05) is 0 Å². The number of thiocarbonyl (C=S) groups is 1. The van der Waals surface area contributed by atoms with E-state index in [2.05, 4.69) is 60.5 Å². The van der Waals surface area contributed by atoms with Gasteiger partial charge in [-0.15, -0.1) is 0 Å². The number of hydrogen-bond donors (Lipinski definition) is 0. The fraction of sp³-hybridized carbons (Fsp3) is 0.611. The summed E-state index contributed by atoms with van der Waals surface area (Å²) in [4.78, 5) is 4.04. The number of nitrogens with zero attached hydrogens (tertiary/aromatic N) is 1. The molecule has 1 fully saturated rings. The fourth-order valence-corrected chi connectivity index (χ4v) is 3.82. The zero-order chi connectivity index (χ0) is 14.4. The van der Waals surface area contributed by atoms with Crippen LogP contribution in [0.25, 0.3) is 0 Å². The molecule has 0 atom stereocenters. The lowest BCUT2D eigenvalue weighted by Crippen LogP contribution is -2.31. The maximum atomic E-state index is 4.66. The molecule has 108 valence electrons. The first-order valence-corrected chi connectivity index (χ1v) is 8.33. The summed E-state index contributed by atoms with van der Waals surface area (Å²) in [6.07, 6.45) is 9.43. The number of hydrogen-bond acceptors (Lipinski definition) is 2. The third-order valence-electron chi connectivity index (χ3n) is 5.09. The topological polar surface area (TPSA) is 12.4 Å². The molecule has 0 saturated heterocycles. The Morgan fingerprint density at radius 2 is 1.85 bits per heavy atom. The van der Waals surface area contributed by atoms with Crippen LogP contribution in [0, 0.1) is 5.92 Å². The van der Waals surface area contributed by atoms with Crippen molar-refractivity contribution in [1.29, 1.82) is 0 Å². The van der Waals surface area contributed by atoms with Gasteiger partial charge in [-0.25, -0.2) is 0 Å². The summed E-state index contributed by atoms with van der Waals surface area (Å²) < 4.78 is 0. The average Bonchev–Trinajstić information content (AvgIpc) is 2.50. The molecule has 0 heterocycles. The molecule has 1 nitrogen and oxygen atoms in total. The van der Waals surface area contributed by atoms with Gasteiger partial charge in [0.1, 0.15) is 0 Å². The van der Waals surface area contributed by atoms with Crippen molar-refractivity contribution in [2.24, 2.45) is 10.9 Å². The van der Waals surface area contributed by atoms with Crippen LogP contribution in [0.4, 0.5) is 5.69 Å². The summed E-state index contributed by atoms with van der Waals surface area (Å²) in [7, 11) is 0. The van der Waals surface area contributed by atoms with Crippen molar-refractivity contribution in [3.8, 4) is 0 Å². The Morgan fingerprint density at radius 3 is 2.35 bits per heavy atom. The SMILES string of the molecule is CCCC1CCC(CC)(c2ccc(N=C=S)cc2)CC1. The van der Waals surface area contributed by atoms with Gasteiger partial charge in [0.2, 0.25) is 0 Å². The monoisotopic (exact) mass is 287 g/mol. The van der Waals surface area contributed by atoms with E-state index >= 15 is 0 Å². The van der Waals surface area contributed by atoms with E-state index in [1.807, 2.05) is 0 Å². The standard InChI is InChI=1S/C18H25NS/c1-3-5-15-10-12-18(4-2,13-11-15)16-6-8-17(9-7-16)19-14-20/h6-9,15H,3-5,10-13H2,1-2H3. The van der Waals surface area contributed by atoms with Crippen LogP contribution in [0.1, 0.15) is 64.4 Å². The largest absolute Gasteiger partial charge is 0.195 e. The predicted octanol–water partition coefficient (Wildman–Crippen LogP) is 6.06. The minimum Gasteiger partial charge on any atom is -0.195 e. The van der Waals surface area contributed by atoms with E-state index in [1.54, 1.807) is 0 Å². The van der Waals surface area contributed by atoms with E-state index < -0.39 is 0 Å². The van der Waals surface area contributed by atoms with E-state index in [1.165, 1.54) is 50.5 Å². The molecule has 0 bridgehead atoms. The highest BCUT2D eigenvalue weighted by Crippen LogP contribution is 2.45. The van der Waals surface area contributed by atoms with Gasteiger partial charge in [0.25, 0.3) is 0 Å². The number of aliphatic imine (C=N–C) groups is 1. The highest BCUT2D eigenvalue weighted by Gasteiger charge is 2.34. The molecule has 1 aliphatic carbocycles. The van der Waals surface area contributed by atoms with Crippen LogP contribution >= 0.6 is 12.2 Å². The van der Waals surface area contributed by atoms with E-state index in [0.717, 1.165) is 11.6 Å². The van der Waals surface area contributed by atoms with E-state index in [4.69, 9.17) is 0 Å². The Hall–Kier alpha value is -0.980. The van der Waals surface area contributed by atoms with Crippen molar-refractivity contribution in [2.45, 2.75) is 64.2 Å². The Labute approximate surface area is 128 Å². The summed E-state index contributed by atoms with van der Waals surface area (Å²) in [6, 6.07) is 8.64. The zero-order valence-corrected chi connectivity index (χ0v) is 13.5. The second kappa shape index (κ2) is 7.15. The normalized spacial score (nSPS) is 26.0. The first kappa shape index (κ1) is 15.4. The van der Waals surface area contributed by atoms with E-state index in [9.17, 15) is 0 Å². The summed E-state index contributed by atoms with van der Waals surface area (Å²) in [6.45, 7) is 4.64. The lowest BCUT2D eigenvalue weighted by atomic mass is 9.64. The molecule has 2 heteroatoms. The van der Waals surface area contributed by atoms with Gasteiger partial charge in [-0.3, -0.25) is 0 Å². The molecule has 0 radical (unpaired) electrons. The molecular formula is C18H25NS. The fourth-order valence-electron chi connectivity index (χ4n) is 3.72. The van der Waals surface area contributed by atoms with Crippen LogP contribution in [0.3, 0.4) is 0 Å². The molecule has 0 spiro atoms. The Bertz CT molecular complexity index is 463. The third-order valence-corrected chi connectivity index (χ3v) is 5.18. The highest BCUT2D eigenvalue weighted by molar-refractivity contribution is 7.78. The number of benzene rings is 1. The molecule has 0 aromatic heterocycles. The molecule has 2 rings (SSSR count). The highest BCUT2D eigenvalue weighted by atomic mass is 32.1. The quantitative estimate of drug-likeness (QED) is 0.473. The van der Waals surface area contributed by atoms with Crippen molar-refractivity contribution in [3.05, 3.63) is 29.8 Å². The van der Waals surface area contributed by atoms with Crippen LogP contribution in [0.2, 0.25) is 0 Å². The maximum absolute atomic E-state index is 4.66. The van der Waals surface area contributed by atoms with Crippen molar-refractivity contribution in [3.63, 3.8) is 0 Å². The van der Waals surface area contributed by atoms with Gasteiger partial charge in [-0.05, 0) is 73.4 Å². The van der Waals surface area contributed by atoms with Crippen LogP contribution < -0.4 is 0 Å². The minimum absolute atomic E-state index is 0.393.